The molecule has 0 bridgehead atoms. The van der Waals surface area contributed by atoms with Crippen LogP contribution in [0.15, 0.2) is 10.3 Å². The fraction of sp³-hybridized carbons (Fsp3) is 0.714. The molecule has 1 aromatic heterocycles. The number of aryl methyl sites for hydroxylation is 1. The summed E-state index contributed by atoms with van der Waals surface area (Å²) < 4.78 is 32.9. The third kappa shape index (κ3) is 3.48. The topological polar surface area (TPSA) is 58.6 Å². The van der Waals surface area contributed by atoms with E-state index in [0.29, 0.717) is 29.9 Å². The summed E-state index contributed by atoms with van der Waals surface area (Å²) in [6.07, 6.45) is 2.44. The molecule has 3 rings (SSSR count). The van der Waals surface area contributed by atoms with Crippen molar-refractivity contribution in [1.29, 1.82) is 0 Å². The van der Waals surface area contributed by atoms with Crippen molar-refractivity contribution in [3.63, 3.8) is 0 Å². The first kappa shape index (κ1) is 15.4. The van der Waals surface area contributed by atoms with Gasteiger partial charge in [-0.3, -0.25) is 0 Å². The summed E-state index contributed by atoms with van der Waals surface area (Å²) >= 11 is 1.40. The molecule has 1 N–H and O–H groups in total. The smallest absolute Gasteiger partial charge is 0.252 e. The molecule has 0 spiro atoms. The number of morpholine rings is 1. The van der Waals surface area contributed by atoms with Crippen molar-refractivity contribution in [1.82, 2.24) is 9.62 Å². The van der Waals surface area contributed by atoms with Crippen LogP contribution in [0.5, 0.6) is 0 Å². The van der Waals surface area contributed by atoms with Gasteiger partial charge in [0.05, 0.1) is 12.7 Å². The van der Waals surface area contributed by atoms with Crippen LogP contribution < -0.4 is 5.32 Å². The Morgan fingerprint density at radius 3 is 2.90 bits per heavy atom. The van der Waals surface area contributed by atoms with Gasteiger partial charge in [-0.25, -0.2) is 8.42 Å². The minimum absolute atomic E-state index is 0.0365. The highest BCUT2D eigenvalue weighted by Gasteiger charge is 2.31. The van der Waals surface area contributed by atoms with Gasteiger partial charge in [-0.05, 0) is 38.3 Å². The molecule has 1 aromatic rings. The molecule has 1 unspecified atom stereocenters. The van der Waals surface area contributed by atoms with E-state index in [9.17, 15) is 8.42 Å². The molecular formula is C14H22N2O3S2. The van der Waals surface area contributed by atoms with Gasteiger partial charge in [0.25, 0.3) is 10.0 Å². The summed E-state index contributed by atoms with van der Waals surface area (Å²) in [6, 6.07) is 2.44. The maximum atomic E-state index is 12.7. The number of rotatable bonds is 5. The van der Waals surface area contributed by atoms with Crippen LogP contribution in [0.25, 0.3) is 0 Å². The minimum atomic E-state index is -3.38. The molecule has 7 heteroatoms. The van der Waals surface area contributed by atoms with Crippen LogP contribution in [0.3, 0.4) is 0 Å². The summed E-state index contributed by atoms with van der Waals surface area (Å²) in [7, 11) is -3.38. The average Bonchev–Trinajstić information content (AvgIpc) is 3.19. The first-order chi connectivity index (χ1) is 9.96. The zero-order valence-electron chi connectivity index (χ0n) is 12.5. The van der Waals surface area contributed by atoms with E-state index in [1.165, 1.54) is 24.2 Å². The summed E-state index contributed by atoms with van der Waals surface area (Å²) in [5, 5.41) is 3.45. The molecule has 118 valence electrons. The molecule has 2 heterocycles. The zero-order chi connectivity index (χ0) is 15.0. The van der Waals surface area contributed by atoms with Crippen molar-refractivity contribution in [2.75, 3.05) is 19.7 Å². The van der Waals surface area contributed by atoms with E-state index in [4.69, 9.17) is 4.74 Å². The maximum Gasteiger partial charge on any atom is 0.252 e. The summed E-state index contributed by atoms with van der Waals surface area (Å²) in [5.74, 6) is 0. The Balaban J connectivity index is 1.76. The lowest BCUT2D eigenvalue weighted by Crippen LogP contribution is -2.44. The number of hydrogen-bond donors (Lipinski definition) is 1. The molecule has 1 atom stereocenters. The Bertz CT molecular complexity index is 608. The predicted octanol–water partition coefficient (Wildman–Crippen LogP) is 1.72. The van der Waals surface area contributed by atoms with Gasteiger partial charge in [0.2, 0.25) is 0 Å². The molecule has 1 aliphatic carbocycles. The van der Waals surface area contributed by atoms with Crippen molar-refractivity contribution in [3.05, 3.63) is 16.5 Å². The highest BCUT2D eigenvalue weighted by molar-refractivity contribution is 7.91. The first-order valence-corrected chi connectivity index (χ1v) is 9.67. The Kier molecular flexibility index (Phi) is 4.38. The third-order valence-electron chi connectivity index (χ3n) is 3.92. The van der Waals surface area contributed by atoms with Crippen LogP contribution in [-0.2, 0) is 21.3 Å². The maximum absolute atomic E-state index is 12.7. The van der Waals surface area contributed by atoms with Gasteiger partial charge in [0, 0.05) is 30.6 Å². The molecule has 5 nitrogen and oxygen atoms in total. The molecule has 1 saturated carbocycles. The van der Waals surface area contributed by atoms with E-state index in [-0.39, 0.29) is 6.10 Å². The molecule has 0 amide bonds. The molecule has 21 heavy (non-hydrogen) atoms. The number of nitrogens with zero attached hydrogens (tertiary/aromatic N) is 1. The molecule has 2 fully saturated rings. The van der Waals surface area contributed by atoms with Crippen LogP contribution in [0.2, 0.25) is 0 Å². The fourth-order valence-electron chi connectivity index (χ4n) is 2.45. The highest BCUT2D eigenvalue weighted by Crippen LogP contribution is 2.30. The second kappa shape index (κ2) is 5.96. The van der Waals surface area contributed by atoms with E-state index in [1.54, 1.807) is 4.31 Å². The van der Waals surface area contributed by atoms with Gasteiger partial charge in [-0.2, -0.15) is 4.31 Å². The Morgan fingerprint density at radius 2 is 2.24 bits per heavy atom. The third-order valence-corrected chi connectivity index (χ3v) is 7.48. The monoisotopic (exact) mass is 330 g/mol. The van der Waals surface area contributed by atoms with Crippen molar-refractivity contribution >= 4 is 21.4 Å². The van der Waals surface area contributed by atoms with Gasteiger partial charge in [-0.15, -0.1) is 11.3 Å². The number of nitrogens with one attached hydrogen (secondary N) is 1. The normalized spacial score (nSPS) is 24.4. The molecule has 1 saturated heterocycles. The van der Waals surface area contributed by atoms with E-state index in [1.807, 2.05) is 19.9 Å². The Hall–Kier alpha value is -0.470. The lowest BCUT2D eigenvalue weighted by molar-refractivity contribution is 0.0102. The van der Waals surface area contributed by atoms with Gasteiger partial charge >= 0.3 is 0 Å². The van der Waals surface area contributed by atoms with E-state index in [0.717, 1.165) is 17.0 Å². The second-order valence-corrected chi connectivity index (χ2v) is 9.17. The number of ether oxygens (including phenoxy) is 1. The Labute approximate surface area is 130 Å². The van der Waals surface area contributed by atoms with Crippen molar-refractivity contribution in [2.45, 2.75) is 49.6 Å². The minimum Gasteiger partial charge on any atom is -0.376 e. The SMILES string of the molecule is Cc1cc(S(=O)(=O)N2CCOC(C)C2)sc1CNC1CC1. The van der Waals surface area contributed by atoms with Gasteiger partial charge < -0.3 is 10.1 Å². The quantitative estimate of drug-likeness (QED) is 0.893. The highest BCUT2D eigenvalue weighted by atomic mass is 32.2. The molecule has 0 radical (unpaired) electrons. The average molecular weight is 330 g/mol. The second-order valence-electron chi connectivity index (χ2n) is 5.87. The first-order valence-electron chi connectivity index (χ1n) is 7.41. The number of hydrogen-bond acceptors (Lipinski definition) is 5. The molecule has 0 aromatic carbocycles. The van der Waals surface area contributed by atoms with Crippen LogP contribution in [0.4, 0.5) is 0 Å². The van der Waals surface area contributed by atoms with Crippen LogP contribution in [0, 0.1) is 6.92 Å². The fourth-order valence-corrected chi connectivity index (χ4v) is 5.64. The zero-order valence-corrected chi connectivity index (χ0v) is 14.1. The summed E-state index contributed by atoms with van der Waals surface area (Å²) in [5.41, 5.74) is 1.06. The largest absolute Gasteiger partial charge is 0.376 e. The Morgan fingerprint density at radius 1 is 1.48 bits per heavy atom. The van der Waals surface area contributed by atoms with Gasteiger partial charge in [0.1, 0.15) is 4.21 Å². The molecular weight excluding hydrogens is 308 g/mol. The van der Waals surface area contributed by atoms with Crippen molar-refractivity contribution in [2.24, 2.45) is 0 Å². The van der Waals surface area contributed by atoms with E-state index in [2.05, 4.69) is 5.32 Å². The van der Waals surface area contributed by atoms with E-state index < -0.39 is 10.0 Å². The van der Waals surface area contributed by atoms with Gasteiger partial charge in [0.15, 0.2) is 0 Å². The lowest BCUT2D eigenvalue weighted by atomic mass is 10.3. The molecule has 2 aliphatic rings. The number of sulfonamides is 1. The summed E-state index contributed by atoms with van der Waals surface area (Å²) in [6.45, 7) is 6.03. The molecule has 1 aliphatic heterocycles. The lowest BCUT2D eigenvalue weighted by Gasteiger charge is -2.29. The van der Waals surface area contributed by atoms with Crippen LogP contribution in [-0.4, -0.2) is 44.6 Å². The standard InChI is InChI=1S/C14H22N2O3S2/c1-10-7-14(20-13(10)8-15-12-3-4-12)21(17,18)16-5-6-19-11(2)9-16/h7,11-12,15H,3-6,8-9H2,1-2H3. The summed E-state index contributed by atoms with van der Waals surface area (Å²) in [4.78, 5) is 1.13. The van der Waals surface area contributed by atoms with E-state index >= 15 is 0 Å². The van der Waals surface area contributed by atoms with Crippen LogP contribution in [0.1, 0.15) is 30.2 Å². The van der Waals surface area contributed by atoms with Crippen molar-refractivity contribution < 1.29 is 13.2 Å². The van der Waals surface area contributed by atoms with Crippen LogP contribution >= 0.6 is 11.3 Å². The predicted molar refractivity (Wildman–Crippen MR) is 83.1 cm³/mol. The van der Waals surface area contributed by atoms with Crippen molar-refractivity contribution in [3.8, 4) is 0 Å². The number of thiophene rings is 1. The van der Waals surface area contributed by atoms with Gasteiger partial charge in [-0.1, -0.05) is 0 Å².